The van der Waals surface area contributed by atoms with E-state index in [1.807, 2.05) is 0 Å². The maximum absolute atomic E-state index is 13.2. The molecule has 2 fully saturated rings. The first-order chi connectivity index (χ1) is 13.7. The molecule has 1 atom stereocenters. The largest absolute Gasteiger partial charge is 0.468 e. The van der Waals surface area contributed by atoms with Crippen LogP contribution < -0.4 is 4.72 Å². The molecular weight excluding hydrogens is 398 g/mol. The number of amides is 3. The van der Waals surface area contributed by atoms with E-state index in [-0.39, 0.29) is 23.9 Å². The Morgan fingerprint density at radius 2 is 1.83 bits per heavy atom. The molecule has 0 aromatic heterocycles. The van der Waals surface area contributed by atoms with Crippen LogP contribution in [0.15, 0.2) is 29.2 Å². The number of sulfonamides is 1. The molecule has 3 amide bonds. The number of methoxy groups -OCH3 is 1. The van der Waals surface area contributed by atoms with Gasteiger partial charge in [-0.25, -0.2) is 17.9 Å². The molecule has 158 valence electrons. The van der Waals surface area contributed by atoms with Gasteiger partial charge in [0.05, 0.1) is 12.0 Å². The summed E-state index contributed by atoms with van der Waals surface area (Å²) in [5, 5.41) is 0. The molecule has 0 saturated carbocycles. The van der Waals surface area contributed by atoms with Gasteiger partial charge in [0.1, 0.15) is 12.1 Å². The Morgan fingerprint density at radius 3 is 2.48 bits per heavy atom. The summed E-state index contributed by atoms with van der Waals surface area (Å²) in [6.45, 7) is 2.12. The monoisotopic (exact) mass is 423 g/mol. The summed E-state index contributed by atoms with van der Waals surface area (Å²) < 4.78 is 32.2. The van der Waals surface area contributed by atoms with E-state index in [1.165, 1.54) is 23.0 Å². The van der Waals surface area contributed by atoms with Gasteiger partial charge < -0.3 is 14.5 Å². The van der Waals surface area contributed by atoms with Gasteiger partial charge in [-0.3, -0.25) is 9.59 Å². The normalized spacial score (nSPS) is 22.1. The predicted molar refractivity (Wildman–Crippen MR) is 103 cm³/mol. The molecule has 2 heterocycles. The lowest BCUT2D eigenvalue weighted by molar-refractivity contribution is -0.154. The summed E-state index contributed by atoms with van der Waals surface area (Å²) in [7, 11) is -2.83. The minimum atomic E-state index is -4.08. The fourth-order valence-electron chi connectivity index (χ4n) is 4.18. The summed E-state index contributed by atoms with van der Waals surface area (Å²) in [6.07, 6.45) is 2.05. The lowest BCUT2D eigenvalue weighted by atomic mass is 9.85. The van der Waals surface area contributed by atoms with Gasteiger partial charge in [0.15, 0.2) is 0 Å². The second kappa shape index (κ2) is 8.02. The van der Waals surface area contributed by atoms with Crippen LogP contribution in [0, 0.1) is 6.92 Å². The second-order valence-corrected chi connectivity index (χ2v) is 9.02. The van der Waals surface area contributed by atoms with Crippen molar-refractivity contribution in [1.82, 2.24) is 14.5 Å². The van der Waals surface area contributed by atoms with Crippen molar-refractivity contribution < 1.29 is 27.5 Å². The summed E-state index contributed by atoms with van der Waals surface area (Å²) >= 11 is 0. The smallest absolute Gasteiger partial charge is 0.332 e. The van der Waals surface area contributed by atoms with Crippen LogP contribution in [0.1, 0.15) is 31.2 Å². The summed E-state index contributed by atoms with van der Waals surface area (Å²) in [5.74, 6) is -0.874. The van der Waals surface area contributed by atoms with Crippen LogP contribution in [0.3, 0.4) is 0 Å². The molecule has 1 aromatic rings. The van der Waals surface area contributed by atoms with Gasteiger partial charge >= 0.3 is 12.0 Å². The predicted octanol–water partition coefficient (Wildman–Crippen LogP) is 1.02. The number of piperidine rings is 1. The van der Waals surface area contributed by atoms with Crippen LogP contribution in [0.5, 0.6) is 0 Å². The highest BCUT2D eigenvalue weighted by atomic mass is 32.2. The molecule has 1 unspecified atom stereocenters. The average Bonchev–Trinajstić information content (AvgIpc) is 3.10. The minimum absolute atomic E-state index is 0.0175. The summed E-state index contributed by atoms with van der Waals surface area (Å²) in [4.78, 5) is 40.4. The van der Waals surface area contributed by atoms with Crippen molar-refractivity contribution in [1.29, 1.82) is 0 Å². The highest BCUT2D eigenvalue weighted by molar-refractivity contribution is 7.90. The molecule has 2 aliphatic rings. The molecule has 1 N–H and O–H groups in total. The summed E-state index contributed by atoms with van der Waals surface area (Å²) in [6, 6.07) is 5.54. The van der Waals surface area contributed by atoms with Crippen molar-refractivity contribution in [3.8, 4) is 0 Å². The third-order valence-corrected chi connectivity index (χ3v) is 7.07. The second-order valence-electron chi connectivity index (χ2n) is 7.37. The number of hydrogen-bond acceptors (Lipinski definition) is 6. The van der Waals surface area contributed by atoms with Crippen LogP contribution in [-0.2, 0) is 24.3 Å². The number of nitrogens with zero attached hydrogens (tertiary/aromatic N) is 2. The van der Waals surface area contributed by atoms with Crippen molar-refractivity contribution in [2.75, 3.05) is 26.7 Å². The number of carbonyl (C=O) groups is 3. The number of esters is 1. The number of rotatable bonds is 4. The average molecular weight is 423 g/mol. The highest BCUT2D eigenvalue weighted by Gasteiger charge is 2.53. The van der Waals surface area contributed by atoms with Crippen LogP contribution in [0.2, 0.25) is 0 Å². The van der Waals surface area contributed by atoms with E-state index in [1.54, 1.807) is 25.1 Å². The number of ether oxygens (including phenoxy) is 1. The fourth-order valence-corrected chi connectivity index (χ4v) is 5.38. The standard InChI is InChI=1S/C19H25N3O6S/c1-14-7-3-4-8-15(14)29(26,27)20-18(25)22-12-6-10-19(22)9-5-11-21(17(19)24)13-16(23)28-2/h3-4,7-8H,5-6,9-13H2,1-2H3,(H,20,25). The van der Waals surface area contributed by atoms with Crippen molar-refractivity contribution in [2.24, 2.45) is 0 Å². The number of likely N-dealkylation sites (tertiary alicyclic amines) is 2. The van der Waals surface area contributed by atoms with Crippen molar-refractivity contribution >= 4 is 27.9 Å². The first-order valence-corrected chi connectivity index (χ1v) is 11.0. The molecule has 0 aliphatic carbocycles. The number of nitrogens with one attached hydrogen (secondary N) is 1. The van der Waals surface area contributed by atoms with Gasteiger partial charge in [-0.05, 0) is 44.2 Å². The lowest BCUT2D eigenvalue weighted by Gasteiger charge is -2.43. The minimum Gasteiger partial charge on any atom is -0.468 e. The van der Waals surface area contributed by atoms with Crippen LogP contribution >= 0.6 is 0 Å². The molecule has 2 aliphatic heterocycles. The molecule has 0 bridgehead atoms. The zero-order valence-electron chi connectivity index (χ0n) is 16.5. The Morgan fingerprint density at radius 1 is 1.17 bits per heavy atom. The van der Waals surface area contributed by atoms with Gasteiger partial charge in [0.2, 0.25) is 5.91 Å². The van der Waals surface area contributed by atoms with E-state index in [9.17, 15) is 22.8 Å². The van der Waals surface area contributed by atoms with Crippen LogP contribution in [-0.4, -0.2) is 68.4 Å². The SMILES string of the molecule is COC(=O)CN1CCCC2(CCCN2C(=O)NS(=O)(=O)c2ccccc2C)C1=O. The van der Waals surface area contributed by atoms with E-state index in [0.717, 1.165) is 0 Å². The third-order valence-electron chi connectivity index (χ3n) is 5.59. The van der Waals surface area contributed by atoms with E-state index < -0.39 is 27.6 Å². The maximum atomic E-state index is 13.2. The zero-order valence-corrected chi connectivity index (χ0v) is 17.3. The Hall–Kier alpha value is -2.62. The van der Waals surface area contributed by atoms with Crippen LogP contribution in [0.25, 0.3) is 0 Å². The van der Waals surface area contributed by atoms with Gasteiger partial charge in [0, 0.05) is 13.1 Å². The Balaban J connectivity index is 1.82. The highest BCUT2D eigenvalue weighted by Crippen LogP contribution is 2.38. The Bertz CT molecular complexity index is 932. The van der Waals surface area contributed by atoms with Crippen molar-refractivity contribution in [3.05, 3.63) is 29.8 Å². The van der Waals surface area contributed by atoms with Crippen molar-refractivity contribution in [2.45, 2.75) is 43.0 Å². The number of hydrogen-bond donors (Lipinski definition) is 1. The molecule has 1 aromatic carbocycles. The fraction of sp³-hybridized carbons (Fsp3) is 0.526. The van der Waals surface area contributed by atoms with E-state index in [2.05, 4.69) is 9.46 Å². The lowest BCUT2D eigenvalue weighted by Crippen LogP contribution is -2.63. The molecule has 3 rings (SSSR count). The summed E-state index contributed by atoms with van der Waals surface area (Å²) in [5.41, 5.74) is -0.612. The zero-order chi connectivity index (χ0) is 21.2. The van der Waals surface area contributed by atoms with Gasteiger partial charge in [0.25, 0.3) is 10.0 Å². The maximum Gasteiger partial charge on any atom is 0.332 e. The van der Waals surface area contributed by atoms with Crippen molar-refractivity contribution in [3.63, 3.8) is 0 Å². The van der Waals surface area contributed by atoms with E-state index in [4.69, 9.17) is 0 Å². The number of urea groups is 1. The van der Waals surface area contributed by atoms with Gasteiger partial charge in [-0.15, -0.1) is 0 Å². The first-order valence-electron chi connectivity index (χ1n) is 9.47. The molecule has 10 heteroatoms. The van der Waals surface area contributed by atoms with Crippen LogP contribution in [0.4, 0.5) is 4.79 Å². The number of benzene rings is 1. The first kappa shape index (κ1) is 21.1. The molecule has 0 radical (unpaired) electrons. The number of aryl methyl sites for hydroxylation is 1. The molecule has 2 saturated heterocycles. The number of carbonyl (C=O) groups excluding carboxylic acids is 3. The Labute approximate surface area is 170 Å². The topological polar surface area (TPSA) is 113 Å². The molecule has 1 spiro atoms. The van der Waals surface area contributed by atoms with E-state index >= 15 is 0 Å². The Kier molecular flexibility index (Phi) is 5.83. The van der Waals surface area contributed by atoms with Gasteiger partial charge in [-0.2, -0.15) is 0 Å². The van der Waals surface area contributed by atoms with E-state index in [0.29, 0.717) is 37.8 Å². The molecule has 29 heavy (non-hydrogen) atoms. The molecule has 9 nitrogen and oxygen atoms in total. The molecular formula is C19H25N3O6S. The third kappa shape index (κ3) is 3.93. The van der Waals surface area contributed by atoms with Gasteiger partial charge in [-0.1, -0.05) is 18.2 Å². The quantitative estimate of drug-likeness (QED) is 0.724.